The maximum Gasteiger partial charge on any atom is 0.161 e. The summed E-state index contributed by atoms with van der Waals surface area (Å²) >= 11 is 0. The number of carbonyl (C=O) groups excluding carboxylic acids is 1. The Bertz CT molecular complexity index is 204. The molecule has 0 heterocycles. The fourth-order valence-corrected chi connectivity index (χ4v) is 1.67. The number of allylic oxidation sites excluding steroid dienone is 1. The second-order valence-corrected chi connectivity index (χ2v) is 3.82. The van der Waals surface area contributed by atoms with Crippen LogP contribution in [0.2, 0.25) is 0 Å². The maximum atomic E-state index is 11.2. The van der Waals surface area contributed by atoms with Gasteiger partial charge in [-0.3, -0.25) is 4.79 Å². The number of aliphatic hydroxyl groups is 1. The Kier molecular flexibility index (Phi) is 2.90. The summed E-state index contributed by atoms with van der Waals surface area (Å²) in [6, 6.07) is 0. The van der Waals surface area contributed by atoms with Crippen LogP contribution in [0, 0.1) is 11.8 Å². The van der Waals surface area contributed by atoms with E-state index in [4.69, 9.17) is 5.11 Å². The Morgan fingerprint density at radius 3 is 2.75 bits per heavy atom. The molecular weight excluding hydrogens is 152 g/mol. The van der Waals surface area contributed by atoms with E-state index in [-0.39, 0.29) is 5.78 Å². The molecule has 0 aromatic rings. The van der Waals surface area contributed by atoms with Crippen molar-refractivity contribution >= 4 is 5.78 Å². The number of aliphatic hydroxyl groups excluding tert-OH is 1. The highest BCUT2D eigenvalue weighted by molar-refractivity contribution is 5.95. The molecule has 1 fully saturated rings. The number of ketones is 1. The molecule has 0 aromatic carbocycles. The van der Waals surface area contributed by atoms with Crippen molar-refractivity contribution in [3.63, 3.8) is 0 Å². The second kappa shape index (κ2) is 3.74. The third-order valence-electron chi connectivity index (χ3n) is 2.68. The minimum atomic E-state index is 0.120. The van der Waals surface area contributed by atoms with Gasteiger partial charge in [-0.1, -0.05) is 13.8 Å². The van der Waals surface area contributed by atoms with E-state index in [2.05, 4.69) is 13.8 Å². The molecule has 0 aliphatic heterocycles. The summed E-state index contributed by atoms with van der Waals surface area (Å²) < 4.78 is 0. The van der Waals surface area contributed by atoms with E-state index in [0.717, 1.165) is 19.1 Å². The summed E-state index contributed by atoms with van der Waals surface area (Å²) in [5.74, 6) is 1.29. The van der Waals surface area contributed by atoms with E-state index in [1.54, 1.807) is 0 Å². The van der Waals surface area contributed by atoms with Crippen LogP contribution in [0.4, 0.5) is 0 Å². The Hall–Kier alpha value is -0.790. The number of rotatable bonds is 1. The van der Waals surface area contributed by atoms with Crippen LogP contribution in [0.15, 0.2) is 11.8 Å². The average molecular weight is 168 g/mol. The molecule has 0 amide bonds. The second-order valence-electron chi connectivity index (χ2n) is 3.82. The van der Waals surface area contributed by atoms with E-state index in [1.807, 2.05) is 0 Å². The van der Waals surface area contributed by atoms with Crippen molar-refractivity contribution in [3.05, 3.63) is 11.8 Å². The molecule has 0 saturated heterocycles. The van der Waals surface area contributed by atoms with Crippen molar-refractivity contribution < 1.29 is 9.90 Å². The van der Waals surface area contributed by atoms with Crippen LogP contribution < -0.4 is 0 Å². The Balaban J connectivity index is 2.62. The van der Waals surface area contributed by atoms with Gasteiger partial charge in [0.1, 0.15) is 0 Å². The van der Waals surface area contributed by atoms with Gasteiger partial charge in [-0.15, -0.1) is 0 Å². The van der Waals surface area contributed by atoms with Crippen molar-refractivity contribution in [2.45, 2.75) is 33.1 Å². The smallest absolute Gasteiger partial charge is 0.161 e. The lowest BCUT2D eigenvalue weighted by Gasteiger charge is -2.25. The van der Waals surface area contributed by atoms with Crippen LogP contribution in [0.5, 0.6) is 0 Å². The first-order chi connectivity index (χ1) is 5.65. The van der Waals surface area contributed by atoms with Gasteiger partial charge in [0.25, 0.3) is 0 Å². The highest BCUT2D eigenvalue weighted by atomic mass is 16.2. The predicted molar refractivity (Wildman–Crippen MR) is 47.9 cm³/mol. The topological polar surface area (TPSA) is 37.3 Å². The van der Waals surface area contributed by atoms with Gasteiger partial charge in [0.15, 0.2) is 5.78 Å². The largest absolute Gasteiger partial charge is 0.515 e. The van der Waals surface area contributed by atoms with Gasteiger partial charge < -0.3 is 5.11 Å². The van der Waals surface area contributed by atoms with Crippen LogP contribution in [0.1, 0.15) is 33.1 Å². The van der Waals surface area contributed by atoms with Crippen molar-refractivity contribution in [1.82, 2.24) is 0 Å². The minimum Gasteiger partial charge on any atom is -0.515 e. The van der Waals surface area contributed by atoms with Crippen molar-refractivity contribution in [2.75, 3.05) is 0 Å². The summed E-state index contributed by atoms with van der Waals surface area (Å²) in [6.07, 6.45) is 3.33. The Morgan fingerprint density at radius 2 is 2.25 bits per heavy atom. The van der Waals surface area contributed by atoms with Gasteiger partial charge in [-0.25, -0.2) is 0 Å². The summed E-state index contributed by atoms with van der Waals surface area (Å²) in [5, 5.41) is 8.78. The molecule has 2 nitrogen and oxygen atoms in total. The van der Waals surface area contributed by atoms with E-state index >= 15 is 0 Å². The normalized spacial score (nSPS) is 28.4. The van der Waals surface area contributed by atoms with Gasteiger partial charge in [0, 0.05) is 12.0 Å². The fraction of sp³-hybridized carbons (Fsp3) is 0.700. The number of hydrogen-bond donors (Lipinski definition) is 1. The summed E-state index contributed by atoms with van der Waals surface area (Å²) in [6.45, 7) is 4.32. The van der Waals surface area contributed by atoms with E-state index in [0.29, 0.717) is 23.8 Å². The first-order valence-electron chi connectivity index (χ1n) is 4.51. The van der Waals surface area contributed by atoms with Crippen molar-refractivity contribution in [3.8, 4) is 0 Å². The van der Waals surface area contributed by atoms with Crippen LogP contribution in [0.3, 0.4) is 0 Å². The first-order valence-corrected chi connectivity index (χ1v) is 4.51. The van der Waals surface area contributed by atoms with Crippen molar-refractivity contribution in [1.29, 1.82) is 0 Å². The zero-order chi connectivity index (χ0) is 9.14. The molecular formula is C10H16O2. The van der Waals surface area contributed by atoms with Crippen LogP contribution in [-0.2, 0) is 4.79 Å². The zero-order valence-electron chi connectivity index (χ0n) is 7.71. The number of carbonyl (C=O) groups is 1. The highest BCUT2D eigenvalue weighted by Crippen LogP contribution is 2.30. The summed E-state index contributed by atoms with van der Waals surface area (Å²) in [5.41, 5.74) is 0.611. The lowest BCUT2D eigenvalue weighted by Crippen LogP contribution is -2.20. The molecule has 0 bridgehead atoms. The van der Waals surface area contributed by atoms with Crippen LogP contribution >= 0.6 is 0 Å². The fourth-order valence-electron chi connectivity index (χ4n) is 1.67. The molecule has 1 aliphatic rings. The van der Waals surface area contributed by atoms with Gasteiger partial charge in [-0.05, 0) is 24.7 Å². The van der Waals surface area contributed by atoms with Crippen molar-refractivity contribution in [2.24, 2.45) is 11.8 Å². The van der Waals surface area contributed by atoms with E-state index in [1.165, 1.54) is 0 Å². The summed E-state index contributed by atoms with van der Waals surface area (Å²) in [4.78, 5) is 11.2. The molecule has 2 heteroatoms. The number of hydrogen-bond acceptors (Lipinski definition) is 2. The number of Topliss-reactive ketones (excluding diaryl/α,β-unsaturated/α-hetero) is 1. The molecule has 12 heavy (non-hydrogen) atoms. The summed E-state index contributed by atoms with van der Waals surface area (Å²) in [7, 11) is 0. The molecule has 1 unspecified atom stereocenters. The molecule has 1 atom stereocenters. The lowest BCUT2D eigenvalue weighted by atomic mass is 9.79. The highest BCUT2D eigenvalue weighted by Gasteiger charge is 2.25. The molecule has 0 radical (unpaired) electrons. The SMILES string of the molecule is CC(C)C1CCC(=O)/C(=C\O)C1. The van der Waals surface area contributed by atoms with E-state index < -0.39 is 0 Å². The minimum absolute atomic E-state index is 0.120. The van der Waals surface area contributed by atoms with Gasteiger partial charge in [0.2, 0.25) is 0 Å². The van der Waals surface area contributed by atoms with Crippen LogP contribution in [-0.4, -0.2) is 10.9 Å². The predicted octanol–water partition coefficient (Wildman–Crippen LogP) is 2.45. The molecule has 1 N–H and O–H groups in total. The Morgan fingerprint density at radius 1 is 1.58 bits per heavy atom. The molecule has 0 aromatic heterocycles. The lowest BCUT2D eigenvalue weighted by molar-refractivity contribution is -0.117. The zero-order valence-corrected chi connectivity index (χ0v) is 7.71. The van der Waals surface area contributed by atoms with Gasteiger partial charge >= 0.3 is 0 Å². The van der Waals surface area contributed by atoms with Crippen LogP contribution in [0.25, 0.3) is 0 Å². The molecule has 1 aliphatic carbocycles. The standard InChI is InChI=1S/C10H16O2/c1-7(2)8-3-4-10(12)9(5-8)6-11/h6-8,11H,3-5H2,1-2H3/b9-6-. The van der Waals surface area contributed by atoms with Gasteiger partial charge in [-0.2, -0.15) is 0 Å². The maximum absolute atomic E-state index is 11.2. The molecule has 0 spiro atoms. The monoisotopic (exact) mass is 168 g/mol. The molecule has 68 valence electrons. The molecule has 1 saturated carbocycles. The average Bonchev–Trinajstić information content (AvgIpc) is 2.05. The van der Waals surface area contributed by atoms with Gasteiger partial charge in [0.05, 0.1) is 6.26 Å². The third-order valence-corrected chi connectivity index (χ3v) is 2.68. The Labute approximate surface area is 73.3 Å². The quantitative estimate of drug-likeness (QED) is 0.482. The third kappa shape index (κ3) is 1.87. The first kappa shape index (κ1) is 9.30. The molecule has 1 rings (SSSR count). The van der Waals surface area contributed by atoms with E-state index in [9.17, 15) is 4.79 Å².